The van der Waals surface area contributed by atoms with Crippen LogP contribution in [0.5, 0.6) is 0 Å². The van der Waals surface area contributed by atoms with Crippen LogP contribution in [0.4, 0.5) is 13.2 Å². The molecule has 0 atom stereocenters. The predicted octanol–water partition coefficient (Wildman–Crippen LogP) is 6.97. The van der Waals surface area contributed by atoms with Crippen molar-refractivity contribution in [1.29, 1.82) is 0 Å². The van der Waals surface area contributed by atoms with E-state index in [0.717, 1.165) is 25.3 Å². The number of rotatable bonds is 7. The standard InChI is InChI=1S/C22H24F3NO3S.C5H12/c1-14(2)19(12-21(26-3)22(23,24)25)16-7-5-15(6-8-16)17-9-10-18(13-27)20(11-17)30(4,28)29;1-4-5(2)3/h5-12,14,27H,13H2,1-4H3;5H,4H2,1-3H3/b19-12+,26-21?;. The molecule has 0 heterocycles. The summed E-state index contributed by atoms with van der Waals surface area (Å²) in [5.74, 6) is 0.714. The molecule has 2 aromatic rings. The second-order valence-corrected chi connectivity index (χ2v) is 11.0. The van der Waals surface area contributed by atoms with Gasteiger partial charge in [0.15, 0.2) is 9.84 Å². The third kappa shape index (κ3) is 9.26. The fourth-order valence-electron chi connectivity index (χ4n) is 3.07. The van der Waals surface area contributed by atoms with Gasteiger partial charge in [-0.05, 0) is 51.8 Å². The lowest BCUT2D eigenvalue weighted by molar-refractivity contribution is -0.0577. The van der Waals surface area contributed by atoms with E-state index in [0.29, 0.717) is 27.8 Å². The molecule has 0 aromatic heterocycles. The number of benzene rings is 2. The number of nitrogens with zero attached hydrogens (tertiary/aromatic N) is 1. The van der Waals surface area contributed by atoms with Crippen molar-refractivity contribution in [2.45, 2.75) is 58.7 Å². The maximum absolute atomic E-state index is 13.1. The third-order valence-corrected chi connectivity index (χ3v) is 6.63. The second kappa shape index (κ2) is 13.0. The van der Waals surface area contributed by atoms with Gasteiger partial charge in [0.1, 0.15) is 5.71 Å². The molecule has 2 rings (SSSR count). The van der Waals surface area contributed by atoms with Gasteiger partial charge in [-0.3, -0.25) is 4.99 Å². The number of alkyl halides is 3. The zero-order chi connectivity index (χ0) is 27.0. The molecule has 35 heavy (non-hydrogen) atoms. The smallest absolute Gasteiger partial charge is 0.392 e. The molecule has 0 aliphatic rings. The highest BCUT2D eigenvalue weighted by Crippen LogP contribution is 2.30. The Morgan fingerprint density at radius 3 is 1.91 bits per heavy atom. The molecule has 4 nitrogen and oxygen atoms in total. The van der Waals surface area contributed by atoms with Crippen LogP contribution in [0.15, 0.2) is 58.4 Å². The van der Waals surface area contributed by atoms with Crippen molar-refractivity contribution in [3.63, 3.8) is 0 Å². The largest absolute Gasteiger partial charge is 0.432 e. The fraction of sp³-hybridized carbons (Fsp3) is 0.444. The maximum Gasteiger partial charge on any atom is 0.432 e. The van der Waals surface area contributed by atoms with Gasteiger partial charge in [-0.15, -0.1) is 0 Å². The number of sulfone groups is 1. The van der Waals surface area contributed by atoms with Gasteiger partial charge in [0, 0.05) is 13.3 Å². The number of aliphatic hydroxyl groups excluding tert-OH is 1. The molecular formula is C27H36F3NO3S. The number of halogens is 3. The van der Waals surface area contributed by atoms with Gasteiger partial charge in [0.05, 0.1) is 11.5 Å². The molecule has 8 heteroatoms. The van der Waals surface area contributed by atoms with Crippen molar-refractivity contribution < 1.29 is 26.7 Å². The van der Waals surface area contributed by atoms with Crippen molar-refractivity contribution in [1.82, 2.24) is 0 Å². The van der Waals surface area contributed by atoms with Crippen molar-refractivity contribution in [2.75, 3.05) is 13.3 Å². The number of allylic oxidation sites excluding steroid dienone is 2. The molecular weight excluding hydrogens is 475 g/mol. The third-order valence-electron chi connectivity index (χ3n) is 5.45. The van der Waals surface area contributed by atoms with Gasteiger partial charge in [0.25, 0.3) is 0 Å². The summed E-state index contributed by atoms with van der Waals surface area (Å²) >= 11 is 0. The maximum atomic E-state index is 13.1. The van der Waals surface area contributed by atoms with Crippen molar-refractivity contribution in [3.8, 4) is 11.1 Å². The predicted molar refractivity (Wildman–Crippen MR) is 138 cm³/mol. The zero-order valence-electron chi connectivity index (χ0n) is 21.4. The molecule has 0 radical (unpaired) electrons. The van der Waals surface area contributed by atoms with Crippen molar-refractivity contribution in [2.24, 2.45) is 16.8 Å². The minimum absolute atomic E-state index is 0.0447. The van der Waals surface area contributed by atoms with E-state index in [1.165, 1.54) is 12.5 Å². The normalized spacial score (nSPS) is 13.2. The van der Waals surface area contributed by atoms with Crippen LogP contribution in [0.1, 0.15) is 52.2 Å². The molecule has 0 saturated heterocycles. The lowest BCUT2D eigenvalue weighted by Gasteiger charge is -2.15. The van der Waals surface area contributed by atoms with E-state index in [4.69, 9.17) is 0 Å². The summed E-state index contributed by atoms with van der Waals surface area (Å²) in [5.41, 5.74) is 1.80. The zero-order valence-corrected chi connectivity index (χ0v) is 22.3. The van der Waals surface area contributed by atoms with Crippen molar-refractivity contribution >= 4 is 21.1 Å². The average molecular weight is 512 g/mol. The highest BCUT2D eigenvalue weighted by molar-refractivity contribution is 7.90. The summed E-state index contributed by atoms with van der Waals surface area (Å²) in [7, 11) is -2.42. The van der Waals surface area contributed by atoms with E-state index in [-0.39, 0.29) is 10.8 Å². The van der Waals surface area contributed by atoms with E-state index < -0.39 is 28.3 Å². The molecule has 1 N–H and O–H groups in total. The molecule has 0 unspecified atom stereocenters. The first-order chi connectivity index (χ1) is 16.1. The summed E-state index contributed by atoms with van der Waals surface area (Å²) in [6, 6.07) is 11.6. The summed E-state index contributed by atoms with van der Waals surface area (Å²) in [4.78, 5) is 3.40. The monoisotopic (exact) mass is 511 g/mol. The Morgan fingerprint density at radius 2 is 1.54 bits per heavy atom. The van der Waals surface area contributed by atoms with Crippen LogP contribution in [0.3, 0.4) is 0 Å². The summed E-state index contributed by atoms with van der Waals surface area (Å²) in [5, 5.41) is 9.38. The van der Waals surface area contributed by atoms with Crippen LogP contribution in [0.25, 0.3) is 16.7 Å². The summed E-state index contributed by atoms with van der Waals surface area (Å²) in [6.07, 6.45) is -1.11. The van der Waals surface area contributed by atoms with Gasteiger partial charge in [0.2, 0.25) is 0 Å². The number of hydrogen-bond acceptors (Lipinski definition) is 4. The lowest BCUT2D eigenvalue weighted by atomic mass is 9.92. The molecule has 0 amide bonds. The van der Waals surface area contributed by atoms with Gasteiger partial charge < -0.3 is 5.11 Å². The SMILES string of the molecule is CCC(C)C.CN=C(/C=C(/c1ccc(-c2ccc(CO)c(S(C)(=O)=O)c2)cc1)C(C)C)C(F)(F)F. The van der Waals surface area contributed by atoms with Crippen LogP contribution in [-0.2, 0) is 16.4 Å². The minimum atomic E-state index is -4.54. The quantitative estimate of drug-likeness (QED) is 0.408. The second-order valence-electron chi connectivity index (χ2n) is 8.99. The van der Waals surface area contributed by atoms with Crippen LogP contribution < -0.4 is 0 Å². The highest BCUT2D eigenvalue weighted by Gasteiger charge is 2.34. The van der Waals surface area contributed by atoms with Gasteiger partial charge in [-0.25, -0.2) is 8.42 Å². The van der Waals surface area contributed by atoms with Gasteiger partial charge in [-0.2, -0.15) is 13.2 Å². The Bertz CT molecular complexity index is 1130. The lowest BCUT2D eigenvalue weighted by Crippen LogP contribution is -2.21. The van der Waals surface area contributed by atoms with Crippen molar-refractivity contribution in [3.05, 3.63) is 59.7 Å². The number of aliphatic imine (C=N–C) groups is 1. The fourth-order valence-corrected chi connectivity index (χ4v) is 4.02. The van der Waals surface area contributed by atoms with Crippen LogP contribution in [-0.4, -0.2) is 38.7 Å². The topological polar surface area (TPSA) is 66.7 Å². The number of aliphatic hydroxyl groups is 1. The Kier molecular flexibility index (Phi) is 11.4. The van der Waals surface area contributed by atoms with E-state index in [1.807, 2.05) is 0 Å². The van der Waals surface area contributed by atoms with E-state index >= 15 is 0 Å². The first kappa shape index (κ1) is 30.6. The molecule has 0 saturated carbocycles. The van der Waals surface area contributed by atoms with Gasteiger partial charge >= 0.3 is 6.18 Å². The Labute approximate surface area is 207 Å². The van der Waals surface area contributed by atoms with Crippen LogP contribution in [0.2, 0.25) is 0 Å². The first-order valence-electron chi connectivity index (χ1n) is 11.5. The summed E-state index contributed by atoms with van der Waals surface area (Å²) in [6.45, 7) is 9.85. The first-order valence-corrected chi connectivity index (χ1v) is 13.3. The molecule has 0 aliphatic heterocycles. The van der Waals surface area contributed by atoms with Crippen LogP contribution in [0, 0.1) is 11.8 Å². The van der Waals surface area contributed by atoms with E-state index in [2.05, 4.69) is 25.8 Å². The van der Waals surface area contributed by atoms with E-state index in [9.17, 15) is 26.7 Å². The van der Waals surface area contributed by atoms with E-state index in [1.54, 1.807) is 50.2 Å². The Balaban J connectivity index is 0.00000111. The van der Waals surface area contributed by atoms with Gasteiger partial charge in [-0.1, -0.05) is 77.4 Å². The summed E-state index contributed by atoms with van der Waals surface area (Å²) < 4.78 is 63.3. The average Bonchev–Trinajstić information content (AvgIpc) is 2.78. The molecule has 2 aromatic carbocycles. The Hall–Kier alpha value is -2.45. The minimum Gasteiger partial charge on any atom is -0.392 e. The van der Waals surface area contributed by atoms with Crippen LogP contribution >= 0.6 is 0 Å². The number of hydrogen-bond donors (Lipinski definition) is 1. The molecule has 0 aliphatic carbocycles. The molecule has 194 valence electrons. The Morgan fingerprint density at radius 1 is 1.03 bits per heavy atom. The molecule has 0 spiro atoms. The highest BCUT2D eigenvalue weighted by atomic mass is 32.2. The molecule has 0 fully saturated rings. The molecule has 0 bridgehead atoms.